The number of hydrogen-bond donors (Lipinski definition) is 1. The highest BCUT2D eigenvalue weighted by Crippen LogP contribution is 2.15. The molecule has 1 atom stereocenters. The number of nitrogens with zero attached hydrogens (tertiary/aromatic N) is 2. The summed E-state index contributed by atoms with van der Waals surface area (Å²) in [5.41, 5.74) is 1.22. The molecule has 1 unspecified atom stereocenters. The Morgan fingerprint density at radius 2 is 2.39 bits per heavy atom. The molecule has 0 aromatic carbocycles. The van der Waals surface area contributed by atoms with E-state index in [1.165, 1.54) is 49.6 Å². The third kappa shape index (κ3) is 5.22. The molecule has 0 aliphatic carbocycles. The number of nitrogens with one attached hydrogen (secondary N) is 1. The van der Waals surface area contributed by atoms with E-state index in [-0.39, 0.29) is 12.4 Å². The number of aryl methyl sites for hydroxylation is 1. The third-order valence-corrected chi connectivity index (χ3v) is 4.24. The van der Waals surface area contributed by atoms with Gasteiger partial charge in [0.25, 0.3) is 0 Å². The van der Waals surface area contributed by atoms with Crippen molar-refractivity contribution in [3.05, 3.63) is 16.1 Å². The van der Waals surface area contributed by atoms with Crippen molar-refractivity contribution in [2.45, 2.75) is 32.7 Å². The van der Waals surface area contributed by atoms with Crippen LogP contribution < -0.4 is 5.32 Å². The molecule has 1 aliphatic heterocycles. The number of halogens is 1. The monoisotopic (exact) mass is 289 g/mol. The molecule has 2 rings (SSSR count). The first-order chi connectivity index (χ1) is 8.24. The quantitative estimate of drug-likeness (QED) is 0.903. The molecule has 0 radical (unpaired) electrons. The van der Waals surface area contributed by atoms with E-state index < -0.39 is 0 Å². The first-order valence-corrected chi connectivity index (χ1v) is 7.42. The molecule has 1 aromatic heterocycles. The number of thiazole rings is 1. The fourth-order valence-electron chi connectivity index (χ4n) is 2.41. The van der Waals surface area contributed by atoms with Crippen molar-refractivity contribution < 1.29 is 0 Å². The van der Waals surface area contributed by atoms with Crippen molar-refractivity contribution in [2.24, 2.45) is 5.92 Å². The predicted molar refractivity (Wildman–Crippen MR) is 80.6 cm³/mol. The van der Waals surface area contributed by atoms with Crippen LogP contribution >= 0.6 is 23.7 Å². The number of rotatable bonds is 5. The van der Waals surface area contributed by atoms with Crippen molar-refractivity contribution in [3.63, 3.8) is 0 Å². The standard InChI is InChI=1S/C13H23N3S.ClH/c1-11-15-13(10-17-11)9-16(2)7-5-12-4-3-6-14-8-12;/h10,12,14H,3-9H2,1-2H3;1H. The third-order valence-electron chi connectivity index (χ3n) is 3.42. The van der Waals surface area contributed by atoms with Gasteiger partial charge in [-0.3, -0.25) is 0 Å². The van der Waals surface area contributed by atoms with Crippen molar-refractivity contribution in [1.82, 2.24) is 15.2 Å². The molecular formula is C13H24ClN3S. The summed E-state index contributed by atoms with van der Waals surface area (Å²) in [7, 11) is 2.20. The van der Waals surface area contributed by atoms with Gasteiger partial charge in [0, 0.05) is 11.9 Å². The Hall–Kier alpha value is -0.160. The van der Waals surface area contributed by atoms with Gasteiger partial charge >= 0.3 is 0 Å². The van der Waals surface area contributed by atoms with E-state index in [2.05, 4.69) is 34.6 Å². The molecule has 0 amide bonds. The number of hydrogen-bond acceptors (Lipinski definition) is 4. The summed E-state index contributed by atoms with van der Waals surface area (Å²) >= 11 is 1.74. The van der Waals surface area contributed by atoms with Crippen molar-refractivity contribution in [3.8, 4) is 0 Å². The van der Waals surface area contributed by atoms with Gasteiger partial charge in [0.1, 0.15) is 0 Å². The molecule has 1 aromatic rings. The largest absolute Gasteiger partial charge is 0.316 e. The first kappa shape index (κ1) is 15.9. The predicted octanol–water partition coefficient (Wildman–Crippen LogP) is 2.69. The van der Waals surface area contributed by atoms with Crippen LogP contribution in [0.4, 0.5) is 0 Å². The van der Waals surface area contributed by atoms with Crippen LogP contribution in [0, 0.1) is 12.8 Å². The van der Waals surface area contributed by atoms with Crippen LogP contribution in [0.1, 0.15) is 30.0 Å². The molecule has 0 saturated carbocycles. The topological polar surface area (TPSA) is 28.2 Å². The minimum absolute atomic E-state index is 0. The van der Waals surface area contributed by atoms with E-state index in [1.807, 2.05) is 0 Å². The zero-order chi connectivity index (χ0) is 12.1. The normalized spacial score (nSPS) is 19.8. The molecule has 1 aliphatic rings. The zero-order valence-electron chi connectivity index (χ0n) is 11.3. The Kier molecular flexibility index (Phi) is 7.15. The van der Waals surface area contributed by atoms with Crippen LogP contribution in [0.5, 0.6) is 0 Å². The van der Waals surface area contributed by atoms with E-state index in [1.54, 1.807) is 11.3 Å². The van der Waals surface area contributed by atoms with Crippen molar-refractivity contribution >= 4 is 23.7 Å². The number of aromatic nitrogens is 1. The van der Waals surface area contributed by atoms with Gasteiger partial charge in [-0.15, -0.1) is 23.7 Å². The summed E-state index contributed by atoms with van der Waals surface area (Å²) in [6.07, 6.45) is 4.06. The lowest BCUT2D eigenvalue weighted by Gasteiger charge is -2.25. The average molecular weight is 290 g/mol. The van der Waals surface area contributed by atoms with Crippen LogP contribution in [0.15, 0.2) is 5.38 Å². The minimum Gasteiger partial charge on any atom is -0.316 e. The summed E-state index contributed by atoms with van der Waals surface area (Å²) in [6, 6.07) is 0. The highest BCUT2D eigenvalue weighted by molar-refractivity contribution is 7.09. The molecule has 5 heteroatoms. The van der Waals surface area contributed by atoms with E-state index in [0.717, 1.165) is 12.5 Å². The lowest BCUT2D eigenvalue weighted by molar-refractivity contribution is 0.266. The maximum Gasteiger partial charge on any atom is 0.0897 e. The van der Waals surface area contributed by atoms with Crippen molar-refractivity contribution in [1.29, 1.82) is 0 Å². The molecule has 0 spiro atoms. The summed E-state index contributed by atoms with van der Waals surface area (Å²) in [5, 5.41) is 6.83. The van der Waals surface area contributed by atoms with Gasteiger partial charge in [-0.05, 0) is 58.8 Å². The summed E-state index contributed by atoms with van der Waals surface area (Å²) < 4.78 is 0. The van der Waals surface area contributed by atoms with Crippen LogP contribution in [0.2, 0.25) is 0 Å². The van der Waals surface area contributed by atoms with Gasteiger partial charge in [-0.2, -0.15) is 0 Å². The molecular weight excluding hydrogens is 266 g/mol. The Morgan fingerprint density at radius 1 is 1.56 bits per heavy atom. The zero-order valence-corrected chi connectivity index (χ0v) is 12.9. The summed E-state index contributed by atoms with van der Waals surface area (Å²) in [5.74, 6) is 0.878. The second kappa shape index (κ2) is 8.10. The Bertz CT molecular complexity index is 337. The SMILES string of the molecule is Cc1nc(CN(C)CCC2CCCNC2)cs1.Cl. The Balaban J connectivity index is 0.00000162. The lowest BCUT2D eigenvalue weighted by atomic mass is 9.96. The van der Waals surface area contributed by atoms with Gasteiger partial charge in [-0.25, -0.2) is 4.98 Å². The first-order valence-electron chi connectivity index (χ1n) is 6.54. The highest BCUT2D eigenvalue weighted by Gasteiger charge is 2.13. The minimum atomic E-state index is 0. The van der Waals surface area contributed by atoms with Gasteiger partial charge in [0.2, 0.25) is 0 Å². The fourth-order valence-corrected chi connectivity index (χ4v) is 3.01. The molecule has 3 nitrogen and oxygen atoms in total. The summed E-state index contributed by atoms with van der Waals surface area (Å²) in [6.45, 7) is 6.67. The highest BCUT2D eigenvalue weighted by atomic mass is 35.5. The smallest absolute Gasteiger partial charge is 0.0897 e. The molecule has 1 N–H and O–H groups in total. The molecule has 104 valence electrons. The molecule has 18 heavy (non-hydrogen) atoms. The lowest BCUT2D eigenvalue weighted by Crippen LogP contribution is -2.32. The molecule has 2 heterocycles. The Morgan fingerprint density at radius 3 is 3.00 bits per heavy atom. The molecule has 0 bridgehead atoms. The fraction of sp³-hybridized carbons (Fsp3) is 0.769. The van der Waals surface area contributed by atoms with Gasteiger partial charge in [0.15, 0.2) is 0 Å². The second-order valence-corrected chi connectivity index (χ2v) is 6.16. The van der Waals surface area contributed by atoms with Crippen LogP contribution in [0.3, 0.4) is 0 Å². The van der Waals surface area contributed by atoms with E-state index in [4.69, 9.17) is 0 Å². The van der Waals surface area contributed by atoms with E-state index >= 15 is 0 Å². The van der Waals surface area contributed by atoms with Crippen LogP contribution in [-0.4, -0.2) is 36.6 Å². The molecule has 1 fully saturated rings. The maximum atomic E-state index is 4.51. The molecule has 1 saturated heterocycles. The van der Waals surface area contributed by atoms with E-state index in [9.17, 15) is 0 Å². The van der Waals surface area contributed by atoms with E-state index in [0.29, 0.717) is 0 Å². The van der Waals surface area contributed by atoms with Gasteiger partial charge < -0.3 is 10.2 Å². The maximum absolute atomic E-state index is 4.51. The van der Waals surface area contributed by atoms with Crippen molar-refractivity contribution in [2.75, 3.05) is 26.7 Å². The van der Waals surface area contributed by atoms with Gasteiger partial charge in [0.05, 0.1) is 10.7 Å². The number of piperidine rings is 1. The second-order valence-electron chi connectivity index (χ2n) is 5.10. The van der Waals surface area contributed by atoms with Crippen LogP contribution in [0.25, 0.3) is 0 Å². The van der Waals surface area contributed by atoms with Crippen LogP contribution in [-0.2, 0) is 6.54 Å². The Labute approximate surface area is 120 Å². The van der Waals surface area contributed by atoms with Gasteiger partial charge in [-0.1, -0.05) is 0 Å². The summed E-state index contributed by atoms with van der Waals surface area (Å²) in [4.78, 5) is 6.90. The average Bonchev–Trinajstić information content (AvgIpc) is 2.73.